The van der Waals surface area contributed by atoms with Crippen molar-refractivity contribution < 1.29 is 14.6 Å². The van der Waals surface area contributed by atoms with Gasteiger partial charge in [-0.15, -0.1) is 0 Å². The second kappa shape index (κ2) is 5.36. The first kappa shape index (κ1) is 13.5. The molecule has 0 radical (unpaired) electrons. The number of ether oxygens (including phenoxy) is 1. The molecule has 0 aliphatic carbocycles. The Morgan fingerprint density at radius 3 is 2.74 bits per heavy atom. The van der Waals surface area contributed by atoms with E-state index in [0.717, 1.165) is 17.1 Å². The number of aromatic nitrogens is 2. The standard InChI is InChI=1S/C13H14N2O3S/c1-7(2)11-14-13(19-15-11)18-10-5-4-8(3)6-9(10)12(16)17/h4-7H,1-3H3,(H,16,17). The number of nitrogens with zero attached hydrogens (tertiary/aromatic N) is 2. The maximum absolute atomic E-state index is 11.2. The predicted molar refractivity (Wildman–Crippen MR) is 72.2 cm³/mol. The minimum absolute atomic E-state index is 0.126. The Hall–Kier alpha value is -1.95. The molecule has 0 saturated heterocycles. The first-order chi connectivity index (χ1) is 8.97. The van der Waals surface area contributed by atoms with Crippen LogP contribution in [0.3, 0.4) is 0 Å². The lowest BCUT2D eigenvalue weighted by molar-refractivity contribution is 0.0694. The van der Waals surface area contributed by atoms with Gasteiger partial charge in [-0.2, -0.15) is 9.36 Å². The number of rotatable bonds is 4. The smallest absolute Gasteiger partial charge is 0.339 e. The number of carbonyl (C=O) groups is 1. The van der Waals surface area contributed by atoms with Gasteiger partial charge in [0.1, 0.15) is 17.1 Å². The average molecular weight is 278 g/mol. The Morgan fingerprint density at radius 1 is 1.42 bits per heavy atom. The van der Waals surface area contributed by atoms with Crippen LogP contribution in [0.15, 0.2) is 18.2 Å². The minimum Gasteiger partial charge on any atom is -0.478 e. The van der Waals surface area contributed by atoms with Gasteiger partial charge in [-0.1, -0.05) is 25.5 Å². The minimum atomic E-state index is -1.02. The van der Waals surface area contributed by atoms with Crippen LogP contribution >= 0.6 is 11.5 Å². The molecular weight excluding hydrogens is 264 g/mol. The number of benzene rings is 1. The molecule has 0 amide bonds. The maximum atomic E-state index is 11.2. The van der Waals surface area contributed by atoms with E-state index in [4.69, 9.17) is 9.84 Å². The highest BCUT2D eigenvalue weighted by molar-refractivity contribution is 7.07. The van der Waals surface area contributed by atoms with Crippen molar-refractivity contribution in [3.63, 3.8) is 0 Å². The first-order valence-electron chi connectivity index (χ1n) is 5.82. The van der Waals surface area contributed by atoms with Gasteiger partial charge in [0.25, 0.3) is 5.19 Å². The molecule has 19 heavy (non-hydrogen) atoms. The van der Waals surface area contributed by atoms with E-state index in [1.165, 1.54) is 0 Å². The van der Waals surface area contributed by atoms with Crippen molar-refractivity contribution in [2.45, 2.75) is 26.7 Å². The number of carboxylic acids is 1. The maximum Gasteiger partial charge on any atom is 0.339 e. The molecule has 1 heterocycles. The van der Waals surface area contributed by atoms with E-state index in [0.29, 0.717) is 11.0 Å². The van der Waals surface area contributed by atoms with Crippen LogP contribution in [0.2, 0.25) is 0 Å². The third kappa shape index (κ3) is 3.08. The lowest BCUT2D eigenvalue weighted by Gasteiger charge is -2.06. The third-order valence-corrected chi connectivity index (χ3v) is 3.11. The summed E-state index contributed by atoms with van der Waals surface area (Å²) in [6, 6.07) is 5.00. The second-order valence-corrected chi connectivity index (χ2v) is 5.19. The van der Waals surface area contributed by atoms with Crippen LogP contribution in [-0.4, -0.2) is 20.4 Å². The van der Waals surface area contributed by atoms with Crippen LogP contribution < -0.4 is 4.74 Å². The molecule has 0 bridgehead atoms. The molecule has 0 spiro atoms. The molecule has 0 unspecified atom stereocenters. The van der Waals surface area contributed by atoms with Crippen molar-refractivity contribution in [3.05, 3.63) is 35.2 Å². The molecule has 0 aliphatic heterocycles. The molecule has 100 valence electrons. The van der Waals surface area contributed by atoms with Gasteiger partial charge in [0, 0.05) is 17.5 Å². The number of carboxylic acid groups (broad SMARTS) is 1. The Bertz CT molecular complexity index is 608. The molecule has 1 N–H and O–H groups in total. The fourth-order valence-electron chi connectivity index (χ4n) is 1.49. The van der Waals surface area contributed by atoms with Crippen LogP contribution in [0.1, 0.15) is 41.5 Å². The molecule has 1 aromatic heterocycles. The highest BCUT2D eigenvalue weighted by Gasteiger charge is 2.15. The molecule has 0 saturated carbocycles. The zero-order valence-electron chi connectivity index (χ0n) is 10.9. The van der Waals surface area contributed by atoms with Crippen molar-refractivity contribution in [3.8, 4) is 10.9 Å². The van der Waals surface area contributed by atoms with Gasteiger partial charge in [-0.25, -0.2) is 4.79 Å². The molecule has 0 aliphatic rings. The van der Waals surface area contributed by atoms with E-state index in [9.17, 15) is 4.79 Å². The Kier molecular flexibility index (Phi) is 3.80. The summed E-state index contributed by atoms with van der Waals surface area (Å²) in [6.07, 6.45) is 0. The fraction of sp³-hybridized carbons (Fsp3) is 0.308. The van der Waals surface area contributed by atoms with E-state index < -0.39 is 5.97 Å². The van der Waals surface area contributed by atoms with Crippen LogP contribution in [-0.2, 0) is 0 Å². The predicted octanol–water partition coefficient (Wildman–Crippen LogP) is 3.46. The van der Waals surface area contributed by atoms with Gasteiger partial charge in [0.2, 0.25) is 0 Å². The Morgan fingerprint density at radius 2 is 2.16 bits per heavy atom. The van der Waals surface area contributed by atoms with Crippen molar-refractivity contribution >= 4 is 17.5 Å². The molecule has 0 atom stereocenters. The zero-order valence-corrected chi connectivity index (χ0v) is 11.7. The molecular formula is C13H14N2O3S. The van der Waals surface area contributed by atoms with Crippen LogP contribution in [0.25, 0.3) is 0 Å². The van der Waals surface area contributed by atoms with Crippen LogP contribution in [0.5, 0.6) is 10.9 Å². The first-order valence-corrected chi connectivity index (χ1v) is 6.60. The summed E-state index contributed by atoms with van der Waals surface area (Å²) in [5.74, 6) is 0.173. The fourth-order valence-corrected chi connectivity index (χ4v) is 2.17. The zero-order chi connectivity index (χ0) is 14.0. The molecule has 2 rings (SSSR count). The van der Waals surface area contributed by atoms with Crippen molar-refractivity contribution in [2.24, 2.45) is 0 Å². The second-order valence-electron chi connectivity index (χ2n) is 4.48. The SMILES string of the molecule is Cc1ccc(Oc2nc(C(C)C)ns2)c(C(=O)O)c1. The highest BCUT2D eigenvalue weighted by atomic mass is 32.1. The molecule has 1 aromatic carbocycles. The Labute approximate surface area is 115 Å². The van der Waals surface area contributed by atoms with E-state index in [-0.39, 0.29) is 17.2 Å². The number of hydrogen-bond donors (Lipinski definition) is 1. The summed E-state index contributed by atoms with van der Waals surface area (Å²) in [6.45, 7) is 5.80. The Balaban J connectivity index is 2.29. The summed E-state index contributed by atoms with van der Waals surface area (Å²) in [4.78, 5) is 15.4. The summed E-state index contributed by atoms with van der Waals surface area (Å²) in [5.41, 5.74) is 0.992. The molecule has 2 aromatic rings. The highest BCUT2D eigenvalue weighted by Crippen LogP contribution is 2.28. The van der Waals surface area contributed by atoms with Gasteiger partial charge in [0.15, 0.2) is 0 Å². The van der Waals surface area contributed by atoms with E-state index in [2.05, 4.69) is 9.36 Å². The number of aryl methyl sites for hydroxylation is 1. The number of aromatic carboxylic acids is 1. The van der Waals surface area contributed by atoms with Gasteiger partial charge in [0.05, 0.1) is 0 Å². The summed E-state index contributed by atoms with van der Waals surface area (Å²) < 4.78 is 9.68. The van der Waals surface area contributed by atoms with Gasteiger partial charge < -0.3 is 9.84 Å². The van der Waals surface area contributed by atoms with Crippen LogP contribution in [0.4, 0.5) is 0 Å². The summed E-state index contributed by atoms with van der Waals surface area (Å²) >= 11 is 1.12. The lowest BCUT2D eigenvalue weighted by atomic mass is 10.1. The van der Waals surface area contributed by atoms with Crippen molar-refractivity contribution in [2.75, 3.05) is 0 Å². The number of hydrogen-bond acceptors (Lipinski definition) is 5. The monoisotopic (exact) mass is 278 g/mol. The van der Waals surface area contributed by atoms with Gasteiger partial charge in [-0.3, -0.25) is 0 Å². The van der Waals surface area contributed by atoms with E-state index >= 15 is 0 Å². The average Bonchev–Trinajstić information content (AvgIpc) is 2.80. The largest absolute Gasteiger partial charge is 0.478 e. The molecule has 5 nitrogen and oxygen atoms in total. The van der Waals surface area contributed by atoms with E-state index in [1.54, 1.807) is 18.2 Å². The summed E-state index contributed by atoms with van der Waals surface area (Å²) in [7, 11) is 0. The van der Waals surface area contributed by atoms with Gasteiger partial charge in [-0.05, 0) is 19.1 Å². The van der Waals surface area contributed by atoms with Crippen molar-refractivity contribution in [1.29, 1.82) is 0 Å². The summed E-state index contributed by atoms with van der Waals surface area (Å²) in [5, 5.41) is 9.51. The third-order valence-electron chi connectivity index (χ3n) is 2.50. The van der Waals surface area contributed by atoms with Crippen molar-refractivity contribution in [1.82, 2.24) is 9.36 Å². The quantitative estimate of drug-likeness (QED) is 0.927. The van der Waals surface area contributed by atoms with E-state index in [1.807, 2.05) is 20.8 Å². The normalized spacial score (nSPS) is 10.7. The van der Waals surface area contributed by atoms with Gasteiger partial charge >= 0.3 is 5.97 Å². The molecule has 6 heteroatoms. The van der Waals surface area contributed by atoms with Crippen LogP contribution in [0, 0.1) is 6.92 Å². The lowest BCUT2D eigenvalue weighted by Crippen LogP contribution is -2.00. The molecule has 0 fully saturated rings. The topological polar surface area (TPSA) is 72.3 Å².